The Morgan fingerprint density at radius 3 is 2.27 bits per heavy atom. The largest absolute Gasteiger partial charge is 0.310 e. The SMILES string of the molecule is CNC1(c2ccccc2F)CCN(Cc2ccccc2)CC1. The molecule has 1 N–H and O–H groups in total. The Morgan fingerprint density at radius 2 is 1.64 bits per heavy atom. The van der Waals surface area contributed by atoms with Gasteiger partial charge in [0.1, 0.15) is 5.82 Å². The van der Waals surface area contributed by atoms with E-state index in [4.69, 9.17) is 0 Å². The molecule has 2 nitrogen and oxygen atoms in total. The summed E-state index contributed by atoms with van der Waals surface area (Å²) in [6.45, 7) is 2.92. The Kier molecular flexibility index (Phi) is 4.55. The molecular weight excluding hydrogens is 275 g/mol. The normalized spacial score (nSPS) is 18.3. The first-order valence-corrected chi connectivity index (χ1v) is 7.94. The zero-order valence-corrected chi connectivity index (χ0v) is 13.1. The van der Waals surface area contributed by atoms with Crippen LogP contribution in [0.1, 0.15) is 24.0 Å². The van der Waals surface area contributed by atoms with Crippen molar-refractivity contribution < 1.29 is 4.39 Å². The van der Waals surface area contributed by atoms with Crippen LogP contribution in [-0.2, 0) is 12.1 Å². The average molecular weight is 298 g/mol. The summed E-state index contributed by atoms with van der Waals surface area (Å²) < 4.78 is 14.2. The molecule has 3 rings (SSSR count). The van der Waals surface area contributed by atoms with Gasteiger partial charge >= 0.3 is 0 Å². The van der Waals surface area contributed by atoms with Crippen molar-refractivity contribution in [3.8, 4) is 0 Å². The van der Waals surface area contributed by atoms with E-state index in [-0.39, 0.29) is 11.4 Å². The number of likely N-dealkylation sites (tertiary alicyclic amines) is 1. The molecule has 0 spiro atoms. The summed E-state index contributed by atoms with van der Waals surface area (Å²) >= 11 is 0. The van der Waals surface area contributed by atoms with Crippen molar-refractivity contribution in [3.63, 3.8) is 0 Å². The molecule has 0 unspecified atom stereocenters. The highest BCUT2D eigenvalue weighted by atomic mass is 19.1. The van der Waals surface area contributed by atoms with Crippen LogP contribution in [0.25, 0.3) is 0 Å². The van der Waals surface area contributed by atoms with Gasteiger partial charge in [0.05, 0.1) is 0 Å². The molecule has 22 heavy (non-hydrogen) atoms. The Balaban J connectivity index is 1.70. The first-order valence-electron chi connectivity index (χ1n) is 7.94. The molecule has 0 saturated carbocycles. The molecule has 3 heteroatoms. The van der Waals surface area contributed by atoms with Gasteiger partial charge in [-0.1, -0.05) is 48.5 Å². The van der Waals surface area contributed by atoms with E-state index in [0.29, 0.717) is 0 Å². The summed E-state index contributed by atoms with van der Waals surface area (Å²) in [5.41, 5.74) is 1.90. The third-order valence-corrected chi connectivity index (χ3v) is 4.83. The van der Waals surface area contributed by atoms with Crippen LogP contribution in [0.2, 0.25) is 0 Å². The van der Waals surface area contributed by atoms with Crippen LogP contribution in [0.4, 0.5) is 4.39 Å². The minimum Gasteiger partial charge on any atom is -0.310 e. The number of benzene rings is 2. The summed E-state index contributed by atoms with van der Waals surface area (Å²) in [5.74, 6) is -0.103. The maximum atomic E-state index is 14.2. The lowest BCUT2D eigenvalue weighted by Gasteiger charge is -2.42. The third kappa shape index (κ3) is 3.06. The van der Waals surface area contributed by atoms with E-state index in [1.807, 2.05) is 25.2 Å². The lowest BCUT2D eigenvalue weighted by atomic mass is 9.80. The van der Waals surface area contributed by atoms with Gasteiger partial charge < -0.3 is 5.32 Å². The lowest BCUT2D eigenvalue weighted by Crippen LogP contribution is -2.50. The van der Waals surface area contributed by atoms with E-state index in [0.717, 1.165) is 38.0 Å². The molecule has 1 heterocycles. The van der Waals surface area contributed by atoms with Gasteiger partial charge in [-0.05, 0) is 31.5 Å². The second-order valence-electron chi connectivity index (χ2n) is 6.07. The third-order valence-electron chi connectivity index (χ3n) is 4.83. The predicted octanol–water partition coefficient (Wildman–Crippen LogP) is 3.54. The molecule has 116 valence electrons. The zero-order valence-electron chi connectivity index (χ0n) is 13.1. The summed E-state index contributed by atoms with van der Waals surface area (Å²) in [6.07, 6.45) is 1.86. The second-order valence-corrected chi connectivity index (χ2v) is 6.07. The number of nitrogens with one attached hydrogen (secondary N) is 1. The van der Waals surface area contributed by atoms with Crippen molar-refractivity contribution in [2.24, 2.45) is 0 Å². The highest BCUT2D eigenvalue weighted by Gasteiger charge is 2.36. The zero-order chi connectivity index (χ0) is 15.4. The molecule has 1 fully saturated rings. The minimum atomic E-state index is -0.238. The molecule has 0 aliphatic carbocycles. The quantitative estimate of drug-likeness (QED) is 0.929. The first kappa shape index (κ1) is 15.2. The number of piperidine rings is 1. The first-order chi connectivity index (χ1) is 10.7. The van der Waals surface area contributed by atoms with Crippen LogP contribution in [0.5, 0.6) is 0 Å². The highest BCUT2D eigenvalue weighted by Crippen LogP contribution is 2.34. The standard InChI is InChI=1S/C19H23FN2/c1-21-19(17-9-5-6-10-18(17)20)11-13-22(14-12-19)15-16-7-3-2-4-8-16/h2-10,21H,11-15H2,1H3. The predicted molar refractivity (Wildman–Crippen MR) is 88.1 cm³/mol. The van der Waals surface area contributed by atoms with Crippen molar-refractivity contribution in [2.75, 3.05) is 20.1 Å². The second kappa shape index (κ2) is 6.59. The Bertz CT molecular complexity index is 604. The Morgan fingerprint density at radius 1 is 1.00 bits per heavy atom. The van der Waals surface area contributed by atoms with Gasteiger partial charge in [-0.25, -0.2) is 4.39 Å². The maximum Gasteiger partial charge on any atom is 0.128 e. The topological polar surface area (TPSA) is 15.3 Å². The van der Waals surface area contributed by atoms with Crippen LogP contribution < -0.4 is 5.32 Å². The van der Waals surface area contributed by atoms with Crippen LogP contribution in [0, 0.1) is 5.82 Å². The van der Waals surface area contributed by atoms with E-state index < -0.39 is 0 Å². The highest BCUT2D eigenvalue weighted by molar-refractivity contribution is 5.27. The van der Waals surface area contributed by atoms with Crippen LogP contribution in [-0.4, -0.2) is 25.0 Å². The van der Waals surface area contributed by atoms with E-state index in [1.54, 1.807) is 12.1 Å². The Hall–Kier alpha value is -1.71. The van der Waals surface area contributed by atoms with Crippen molar-refractivity contribution in [2.45, 2.75) is 24.9 Å². The lowest BCUT2D eigenvalue weighted by molar-refractivity contribution is 0.132. The number of hydrogen-bond acceptors (Lipinski definition) is 2. The molecular formula is C19H23FN2. The van der Waals surface area contributed by atoms with E-state index in [9.17, 15) is 4.39 Å². The fraction of sp³-hybridized carbons (Fsp3) is 0.368. The van der Waals surface area contributed by atoms with Gasteiger partial charge in [0, 0.05) is 30.7 Å². The van der Waals surface area contributed by atoms with Gasteiger partial charge in [0.25, 0.3) is 0 Å². The van der Waals surface area contributed by atoms with Gasteiger partial charge in [-0.3, -0.25) is 4.90 Å². The summed E-state index contributed by atoms with van der Waals surface area (Å²) in [4.78, 5) is 2.45. The minimum absolute atomic E-state index is 0.103. The summed E-state index contributed by atoms with van der Waals surface area (Å²) in [5, 5.41) is 3.39. The molecule has 0 aromatic heterocycles. The van der Waals surface area contributed by atoms with E-state index in [2.05, 4.69) is 34.5 Å². The fourth-order valence-corrected chi connectivity index (χ4v) is 3.44. The maximum absolute atomic E-state index is 14.2. The van der Waals surface area contributed by atoms with Crippen LogP contribution in [0.15, 0.2) is 54.6 Å². The Labute approximate surface area is 132 Å². The number of nitrogens with zero attached hydrogens (tertiary/aromatic N) is 1. The molecule has 1 aliphatic heterocycles. The number of halogens is 1. The molecule has 0 bridgehead atoms. The molecule has 1 saturated heterocycles. The number of hydrogen-bond donors (Lipinski definition) is 1. The van der Waals surface area contributed by atoms with Crippen LogP contribution >= 0.6 is 0 Å². The van der Waals surface area contributed by atoms with Crippen molar-refractivity contribution >= 4 is 0 Å². The molecule has 1 aliphatic rings. The average Bonchev–Trinajstić information content (AvgIpc) is 2.57. The molecule has 0 amide bonds. The van der Waals surface area contributed by atoms with Crippen molar-refractivity contribution in [3.05, 3.63) is 71.5 Å². The molecule has 0 atom stereocenters. The molecule has 2 aromatic carbocycles. The van der Waals surface area contributed by atoms with Crippen LogP contribution in [0.3, 0.4) is 0 Å². The fourth-order valence-electron chi connectivity index (χ4n) is 3.44. The van der Waals surface area contributed by atoms with Gasteiger partial charge in [0.15, 0.2) is 0 Å². The van der Waals surface area contributed by atoms with E-state index in [1.165, 1.54) is 5.56 Å². The molecule has 0 radical (unpaired) electrons. The number of rotatable bonds is 4. The van der Waals surface area contributed by atoms with Gasteiger partial charge in [0.2, 0.25) is 0 Å². The van der Waals surface area contributed by atoms with Crippen molar-refractivity contribution in [1.82, 2.24) is 10.2 Å². The summed E-state index contributed by atoms with van der Waals surface area (Å²) in [7, 11) is 1.94. The van der Waals surface area contributed by atoms with Crippen molar-refractivity contribution in [1.29, 1.82) is 0 Å². The van der Waals surface area contributed by atoms with E-state index >= 15 is 0 Å². The molecule has 2 aromatic rings. The monoisotopic (exact) mass is 298 g/mol. The van der Waals surface area contributed by atoms with Gasteiger partial charge in [-0.15, -0.1) is 0 Å². The smallest absolute Gasteiger partial charge is 0.128 e. The summed E-state index contributed by atoms with van der Waals surface area (Å²) in [6, 6.07) is 17.7. The van der Waals surface area contributed by atoms with Gasteiger partial charge in [-0.2, -0.15) is 0 Å².